The number of benzene rings is 1. The number of aliphatic imine (C=N–C) groups is 1. The third-order valence-electron chi connectivity index (χ3n) is 2.71. The van der Waals surface area contributed by atoms with E-state index in [9.17, 15) is 5.11 Å². The Morgan fingerprint density at radius 2 is 2.20 bits per heavy atom. The van der Waals surface area contributed by atoms with Crippen LogP contribution in [0.1, 0.15) is 17.9 Å². The van der Waals surface area contributed by atoms with Crippen LogP contribution in [0.5, 0.6) is 5.75 Å². The number of hydrogen-bond acceptors (Lipinski definition) is 3. The molecule has 1 unspecified atom stereocenters. The van der Waals surface area contributed by atoms with Gasteiger partial charge in [-0.1, -0.05) is 6.07 Å². The zero-order valence-corrected chi connectivity index (χ0v) is 9.14. The van der Waals surface area contributed by atoms with Crippen molar-refractivity contribution in [1.82, 2.24) is 4.90 Å². The second-order valence-electron chi connectivity index (χ2n) is 4.19. The van der Waals surface area contributed by atoms with Gasteiger partial charge in [0.1, 0.15) is 5.75 Å². The summed E-state index contributed by atoms with van der Waals surface area (Å²) >= 11 is 0. The minimum atomic E-state index is 0.267. The van der Waals surface area contributed by atoms with Crippen LogP contribution in [0.25, 0.3) is 0 Å². The summed E-state index contributed by atoms with van der Waals surface area (Å²) in [6.07, 6.45) is 2.94. The van der Waals surface area contributed by atoms with Crippen LogP contribution in [-0.4, -0.2) is 36.9 Å². The summed E-state index contributed by atoms with van der Waals surface area (Å²) in [5.41, 5.74) is 1.90. The van der Waals surface area contributed by atoms with Gasteiger partial charge in [-0.3, -0.25) is 4.99 Å². The van der Waals surface area contributed by atoms with E-state index in [2.05, 4.69) is 24.0 Å². The Kier molecular flexibility index (Phi) is 2.73. The maximum Gasteiger partial charge on any atom is 0.121 e. The Balaban J connectivity index is 2.17. The standard InChI is InChI=1S/C12H16N2O/c1-14(2)7-6-9-8-13-10-4-3-5-11(15)12(9)10/h3-5,8-9,15H,6-7H2,1-2H3. The molecule has 1 aromatic carbocycles. The van der Waals surface area contributed by atoms with Gasteiger partial charge in [-0.05, 0) is 39.2 Å². The number of hydrogen-bond donors (Lipinski definition) is 1. The molecule has 0 saturated heterocycles. The maximum atomic E-state index is 9.77. The molecule has 0 saturated carbocycles. The van der Waals surface area contributed by atoms with Crippen molar-refractivity contribution in [3.05, 3.63) is 23.8 Å². The van der Waals surface area contributed by atoms with Crippen molar-refractivity contribution in [3.8, 4) is 5.75 Å². The Morgan fingerprint density at radius 3 is 2.93 bits per heavy atom. The SMILES string of the molecule is CN(C)CCC1C=Nc2cccc(O)c21. The van der Waals surface area contributed by atoms with Gasteiger partial charge in [0.2, 0.25) is 0 Å². The largest absolute Gasteiger partial charge is 0.508 e. The van der Waals surface area contributed by atoms with Crippen LogP contribution in [0.2, 0.25) is 0 Å². The van der Waals surface area contributed by atoms with Crippen molar-refractivity contribution in [2.45, 2.75) is 12.3 Å². The Labute approximate surface area is 90.1 Å². The van der Waals surface area contributed by atoms with Gasteiger partial charge in [-0.2, -0.15) is 0 Å². The van der Waals surface area contributed by atoms with E-state index in [1.807, 2.05) is 18.3 Å². The fourth-order valence-corrected chi connectivity index (χ4v) is 1.89. The molecule has 1 aliphatic rings. The monoisotopic (exact) mass is 204 g/mol. The fraction of sp³-hybridized carbons (Fsp3) is 0.417. The van der Waals surface area contributed by atoms with Crippen LogP contribution in [0, 0.1) is 0 Å². The molecule has 0 aromatic heterocycles. The summed E-state index contributed by atoms with van der Waals surface area (Å²) < 4.78 is 0. The highest BCUT2D eigenvalue weighted by Gasteiger charge is 2.21. The van der Waals surface area contributed by atoms with E-state index in [1.54, 1.807) is 6.07 Å². The van der Waals surface area contributed by atoms with E-state index in [0.717, 1.165) is 24.2 Å². The molecule has 1 N–H and O–H groups in total. The molecule has 1 atom stereocenters. The predicted molar refractivity (Wildman–Crippen MR) is 62.2 cm³/mol. The Hall–Kier alpha value is -1.35. The molecule has 1 aliphatic heterocycles. The first-order chi connectivity index (χ1) is 7.18. The summed E-state index contributed by atoms with van der Waals surface area (Å²) in [4.78, 5) is 6.46. The van der Waals surface area contributed by atoms with Crippen LogP contribution >= 0.6 is 0 Å². The average Bonchev–Trinajstić information content (AvgIpc) is 2.59. The minimum absolute atomic E-state index is 0.267. The third kappa shape index (κ3) is 2.02. The summed E-state index contributed by atoms with van der Waals surface area (Å²) in [5.74, 6) is 0.636. The molecule has 2 rings (SSSR count). The van der Waals surface area contributed by atoms with Crippen LogP contribution in [0.3, 0.4) is 0 Å². The fourth-order valence-electron chi connectivity index (χ4n) is 1.89. The Morgan fingerprint density at radius 1 is 1.40 bits per heavy atom. The smallest absolute Gasteiger partial charge is 0.121 e. The molecule has 3 heteroatoms. The van der Waals surface area contributed by atoms with Gasteiger partial charge in [-0.25, -0.2) is 0 Å². The van der Waals surface area contributed by atoms with Crippen molar-refractivity contribution < 1.29 is 5.11 Å². The molecule has 0 amide bonds. The van der Waals surface area contributed by atoms with Crippen LogP contribution < -0.4 is 0 Å². The quantitative estimate of drug-likeness (QED) is 0.818. The van der Waals surface area contributed by atoms with Crippen molar-refractivity contribution in [2.24, 2.45) is 4.99 Å². The molecule has 1 heterocycles. The van der Waals surface area contributed by atoms with Crippen molar-refractivity contribution in [1.29, 1.82) is 0 Å². The second-order valence-corrected chi connectivity index (χ2v) is 4.19. The molecule has 80 valence electrons. The normalized spacial score (nSPS) is 18.5. The second kappa shape index (κ2) is 4.03. The molecule has 0 spiro atoms. The number of fused-ring (bicyclic) bond motifs is 1. The number of phenols is 1. The molecule has 0 radical (unpaired) electrons. The Bertz CT molecular complexity index is 385. The molecule has 15 heavy (non-hydrogen) atoms. The van der Waals surface area contributed by atoms with Crippen molar-refractivity contribution >= 4 is 11.9 Å². The zero-order chi connectivity index (χ0) is 10.8. The van der Waals surface area contributed by atoms with E-state index in [-0.39, 0.29) is 5.92 Å². The van der Waals surface area contributed by atoms with E-state index < -0.39 is 0 Å². The third-order valence-corrected chi connectivity index (χ3v) is 2.71. The number of phenolic OH excluding ortho intramolecular Hbond substituents is 1. The van der Waals surface area contributed by atoms with E-state index in [4.69, 9.17) is 0 Å². The van der Waals surface area contributed by atoms with Crippen LogP contribution in [0.15, 0.2) is 23.2 Å². The molecule has 1 aromatic rings. The zero-order valence-electron chi connectivity index (χ0n) is 9.14. The predicted octanol–water partition coefficient (Wildman–Crippen LogP) is 2.14. The molecule has 3 nitrogen and oxygen atoms in total. The van der Waals surface area contributed by atoms with E-state index >= 15 is 0 Å². The lowest BCUT2D eigenvalue weighted by atomic mass is 9.97. The minimum Gasteiger partial charge on any atom is -0.508 e. The highest BCUT2D eigenvalue weighted by molar-refractivity contribution is 5.82. The van der Waals surface area contributed by atoms with Gasteiger partial charge >= 0.3 is 0 Å². The van der Waals surface area contributed by atoms with Gasteiger partial charge in [0, 0.05) is 17.7 Å². The molecule has 0 bridgehead atoms. The number of nitrogens with zero attached hydrogens (tertiary/aromatic N) is 2. The maximum absolute atomic E-state index is 9.77. The lowest BCUT2D eigenvalue weighted by Crippen LogP contribution is -2.15. The van der Waals surface area contributed by atoms with Crippen molar-refractivity contribution in [2.75, 3.05) is 20.6 Å². The van der Waals surface area contributed by atoms with Gasteiger partial charge in [0.15, 0.2) is 0 Å². The summed E-state index contributed by atoms with van der Waals surface area (Å²) in [5, 5.41) is 9.77. The lowest BCUT2D eigenvalue weighted by molar-refractivity contribution is 0.394. The molecule has 0 aliphatic carbocycles. The van der Waals surface area contributed by atoms with Gasteiger partial charge in [0.05, 0.1) is 5.69 Å². The highest BCUT2D eigenvalue weighted by Crippen LogP contribution is 2.39. The van der Waals surface area contributed by atoms with E-state index in [1.165, 1.54) is 0 Å². The first-order valence-electron chi connectivity index (χ1n) is 5.19. The van der Waals surface area contributed by atoms with Crippen LogP contribution in [-0.2, 0) is 0 Å². The van der Waals surface area contributed by atoms with E-state index in [0.29, 0.717) is 5.75 Å². The average molecular weight is 204 g/mol. The first-order valence-corrected chi connectivity index (χ1v) is 5.19. The summed E-state index contributed by atoms with van der Waals surface area (Å²) in [6.45, 7) is 1.00. The topological polar surface area (TPSA) is 35.8 Å². The molecular formula is C12H16N2O. The molecular weight excluding hydrogens is 188 g/mol. The van der Waals surface area contributed by atoms with Gasteiger partial charge < -0.3 is 10.0 Å². The highest BCUT2D eigenvalue weighted by atomic mass is 16.3. The van der Waals surface area contributed by atoms with Crippen LogP contribution in [0.4, 0.5) is 5.69 Å². The number of rotatable bonds is 3. The van der Waals surface area contributed by atoms with Gasteiger partial charge in [-0.15, -0.1) is 0 Å². The van der Waals surface area contributed by atoms with Crippen molar-refractivity contribution in [3.63, 3.8) is 0 Å². The lowest BCUT2D eigenvalue weighted by Gasteiger charge is -2.14. The summed E-state index contributed by atoms with van der Waals surface area (Å²) in [7, 11) is 4.11. The number of aromatic hydroxyl groups is 1. The van der Waals surface area contributed by atoms with Gasteiger partial charge in [0.25, 0.3) is 0 Å². The molecule has 0 fully saturated rings. The first kappa shape index (κ1) is 10.2. The summed E-state index contributed by atoms with van der Waals surface area (Å²) in [6, 6.07) is 5.51.